The highest BCUT2D eigenvalue weighted by Crippen LogP contribution is 2.37. The van der Waals surface area contributed by atoms with Gasteiger partial charge in [0.05, 0.1) is 23.6 Å². The Kier molecular flexibility index (Phi) is 7.76. The quantitative estimate of drug-likeness (QED) is 0.520. The molecule has 6 nitrogen and oxygen atoms in total. The fraction of sp³-hybridized carbons (Fsp3) is 0.520. The molecule has 0 bridgehead atoms. The fourth-order valence-corrected chi connectivity index (χ4v) is 5.27. The number of likely N-dealkylation sites (tertiary alicyclic amines) is 1. The second-order valence-electron chi connectivity index (χ2n) is 9.24. The Bertz CT molecular complexity index is 1020. The molecule has 190 valence electrons. The molecule has 1 aromatic heterocycles. The molecule has 1 aromatic carbocycles. The molecule has 0 atom stereocenters. The van der Waals surface area contributed by atoms with Gasteiger partial charge in [-0.15, -0.1) is 0 Å². The summed E-state index contributed by atoms with van der Waals surface area (Å²) in [5, 5.41) is 9.49. The molecule has 35 heavy (non-hydrogen) atoms. The summed E-state index contributed by atoms with van der Waals surface area (Å²) in [4.78, 5) is 19.7. The van der Waals surface area contributed by atoms with Crippen LogP contribution < -0.4 is 9.64 Å². The summed E-state index contributed by atoms with van der Waals surface area (Å²) < 4.78 is 44.6. The smallest absolute Gasteiger partial charge is 0.417 e. The van der Waals surface area contributed by atoms with E-state index >= 15 is 0 Å². The third-order valence-corrected chi connectivity index (χ3v) is 7.36. The number of piperidine rings is 1. The van der Waals surface area contributed by atoms with Gasteiger partial charge in [-0.05, 0) is 75.0 Å². The maximum Gasteiger partial charge on any atom is 0.417 e. The van der Waals surface area contributed by atoms with Crippen LogP contribution in [0.15, 0.2) is 36.5 Å². The van der Waals surface area contributed by atoms with Crippen LogP contribution in [0.2, 0.25) is 5.02 Å². The van der Waals surface area contributed by atoms with Gasteiger partial charge in [0.25, 0.3) is 0 Å². The highest BCUT2D eigenvalue weighted by atomic mass is 35.5. The second kappa shape index (κ2) is 10.6. The zero-order valence-electron chi connectivity index (χ0n) is 19.4. The summed E-state index contributed by atoms with van der Waals surface area (Å²) in [5.41, 5.74) is -0.180. The van der Waals surface area contributed by atoms with Gasteiger partial charge in [0.2, 0.25) is 0 Å². The number of carbonyl (C=O) groups is 1. The fourth-order valence-electron chi connectivity index (χ4n) is 5.10. The van der Waals surface area contributed by atoms with Crippen molar-refractivity contribution in [3.05, 3.63) is 52.7 Å². The first-order valence-corrected chi connectivity index (χ1v) is 12.2. The van der Waals surface area contributed by atoms with Crippen molar-refractivity contribution in [1.29, 1.82) is 0 Å². The van der Waals surface area contributed by atoms with Gasteiger partial charge >= 0.3 is 12.1 Å². The Morgan fingerprint density at radius 2 is 1.83 bits per heavy atom. The lowest BCUT2D eigenvalue weighted by molar-refractivity contribution is -0.138. The topological polar surface area (TPSA) is 65.9 Å². The highest BCUT2D eigenvalue weighted by Gasteiger charge is 2.41. The van der Waals surface area contributed by atoms with E-state index in [1.807, 2.05) is 4.90 Å². The lowest BCUT2D eigenvalue weighted by Crippen LogP contribution is -2.55. The molecular formula is C25H29ClF3N3O3. The van der Waals surface area contributed by atoms with E-state index in [4.69, 9.17) is 21.4 Å². The minimum atomic E-state index is -4.39. The van der Waals surface area contributed by atoms with E-state index in [0.29, 0.717) is 41.8 Å². The minimum absolute atomic E-state index is 0.0654. The third kappa shape index (κ3) is 6.19. The number of nitrogens with zero attached hydrogens (tertiary/aromatic N) is 3. The number of benzene rings is 1. The van der Waals surface area contributed by atoms with E-state index in [9.17, 15) is 18.0 Å². The molecule has 0 saturated carbocycles. The number of carboxylic acid groups (broad SMARTS) is 1. The van der Waals surface area contributed by atoms with Gasteiger partial charge in [-0.25, -0.2) is 4.98 Å². The molecule has 4 rings (SSSR count). The largest absolute Gasteiger partial charge is 0.492 e. The van der Waals surface area contributed by atoms with Crippen molar-refractivity contribution in [1.82, 2.24) is 9.88 Å². The van der Waals surface area contributed by atoms with Crippen molar-refractivity contribution >= 4 is 23.4 Å². The van der Waals surface area contributed by atoms with Crippen LogP contribution in [-0.4, -0.2) is 59.3 Å². The number of pyridine rings is 1. The van der Waals surface area contributed by atoms with Crippen LogP contribution in [0.4, 0.5) is 19.0 Å². The molecule has 10 heteroatoms. The predicted molar refractivity (Wildman–Crippen MR) is 127 cm³/mol. The average Bonchev–Trinajstić information content (AvgIpc) is 3.37. The third-order valence-electron chi connectivity index (χ3n) is 7.05. The van der Waals surface area contributed by atoms with Gasteiger partial charge in [0.15, 0.2) is 0 Å². The van der Waals surface area contributed by atoms with Crippen molar-refractivity contribution in [2.75, 3.05) is 37.7 Å². The van der Waals surface area contributed by atoms with Crippen LogP contribution in [0.1, 0.15) is 43.2 Å². The minimum Gasteiger partial charge on any atom is -0.492 e. The van der Waals surface area contributed by atoms with Crippen LogP contribution in [-0.2, 0) is 17.4 Å². The highest BCUT2D eigenvalue weighted by molar-refractivity contribution is 6.32. The second-order valence-corrected chi connectivity index (χ2v) is 9.65. The Morgan fingerprint density at radius 3 is 2.43 bits per heavy atom. The van der Waals surface area contributed by atoms with Crippen LogP contribution in [0.3, 0.4) is 0 Å². The number of carboxylic acids is 1. The number of rotatable bonds is 8. The summed E-state index contributed by atoms with van der Waals surface area (Å²) in [6, 6.07) is 7.54. The summed E-state index contributed by atoms with van der Waals surface area (Å²) in [5.74, 6) is 0.125. The molecule has 2 fully saturated rings. The zero-order valence-corrected chi connectivity index (χ0v) is 20.1. The summed E-state index contributed by atoms with van der Waals surface area (Å²) in [7, 11) is 0. The van der Waals surface area contributed by atoms with E-state index in [1.54, 1.807) is 18.2 Å². The maximum absolute atomic E-state index is 12.9. The van der Waals surface area contributed by atoms with Gasteiger partial charge < -0.3 is 14.7 Å². The number of hydrogen-bond acceptors (Lipinski definition) is 5. The zero-order chi connectivity index (χ0) is 25.1. The SMILES string of the molecule is O=C(O)Cc1ccc(Cl)c(OCCC2(N3CCCC3)CCN(c3ccc(C(F)(F)F)cn3)CC2)c1. The van der Waals surface area contributed by atoms with Crippen LogP contribution >= 0.6 is 11.6 Å². The first kappa shape index (κ1) is 25.6. The number of aliphatic carboxylic acids is 1. The predicted octanol–water partition coefficient (Wildman–Crippen LogP) is 5.28. The lowest BCUT2D eigenvalue weighted by Gasteiger charge is -2.48. The Hall–Kier alpha value is -2.52. The summed E-state index contributed by atoms with van der Waals surface area (Å²) >= 11 is 6.28. The Morgan fingerprint density at radius 1 is 1.11 bits per heavy atom. The summed E-state index contributed by atoms with van der Waals surface area (Å²) in [6.07, 6.45) is 1.19. The van der Waals surface area contributed by atoms with Crippen molar-refractivity contribution < 1.29 is 27.8 Å². The number of hydrogen-bond donors (Lipinski definition) is 1. The normalized spacial score (nSPS) is 18.6. The summed E-state index contributed by atoms with van der Waals surface area (Å²) in [6.45, 7) is 3.87. The Balaban J connectivity index is 1.41. The Labute approximate surface area is 207 Å². The molecule has 2 saturated heterocycles. The molecule has 2 aliphatic rings. The van der Waals surface area contributed by atoms with Crippen LogP contribution in [0, 0.1) is 0 Å². The van der Waals surface area contributed by atoms with Gasteiger partial charge in [0, 0.05) is 24.8 Å². The lowest BCUT2D eigenvalue weighted by atomic mass is 9.83. The van der Waals surface area contributed by atoms with Gasteiger partial charge in [-0.3, -0.25) is 9.69 Å². The van der Waals surface area contributed by atoms with Gasteiger partial charge in [-0.2, -0.15) is 13.2 Å². The van der Waals surface area contributed by atoms with Crippen molar-refractivity contribution in [3.63, 3.8) is 0 Å². The number of anilines is 1. The number of halogens is 4. The van der Waals surface area contributed by atoms with Gasteiger partial charge in [-0.1, -0.05) is 17.7 Å². The van der Waals surface area contributed by atoms with E-state index in [1.165, 1.54) is 6.07 Å². The standard InChI is InChI=1S/C25H29ClF3N3O3/c26-20-5-3-18(16-23(33)34)15-21(20)35-14-9-24(32-10-1-2-11-32)7-12-31(13-8-24)22-6-4-19(17-30-22)25(27,28)29/h3-6,15,17H,1-2,7-14,16H2,(H,33,34). The first-order valence-electron chi connectivity index (χ1n) is 11.8. The molecule has 3 heterocycles. The average molecular weight is 512 g/mol. The van der Waals surface area contributed by atoms with E-state index in [2.05, 4.69) is 9.88 Å². The maximum atomic E-state index is 12.9. The molecule has 0 spiro atoms. The molecule has 0 aliphatic carbocycles. The molecule has 2 aromatic rings. The molecular weight excluding hydrogens is 483 g/mol. The first-order chi connectivity index (χ1) is 16.7. The van der Waals surface area contributed by atoms with Crippen LogP contribution in [0.5, 0.6) is 5.75 Å². The van der Waals surface area contributed by atoms with Crippen molar-refractivity contribution in [2.45, 2.75) is 50.2 Å². The van der Waals surface area contributed by atoms with E-state index < -0.39 is 17.7 Å². The van der Waals surface area contributed by atoms with Crippen LogP contribution in [0.25, 0.3) is 0 Å². The monoisotopic (exact) mass is 511 g/mol. The van der Waals surface area contributed by atoms with Gasteiger partial charge in [0.1, 0.15) is 11.6 Å². The number of alkyl halides is 3. The van der Waals surface area contributed by atoms with Crippen molar-refractivity contribution in [3.8, 4) is 5.75 Å². The number of aromatic nitrogens is 1. The molecule has 0 unspecified atom stereocenters. The van der Waals surface area contributed by atoms with E-state index in [0.717, 1.165) is 57.5 Å². The van der Waals surface area contributed by atoms with E-state index in [-0.39, 0.29) is 12.0 Å². The molecule has 0 radical (unpaired) electrons. The molecule has 1 N–H and O–H groups in total. The number of ether oxygens (including phenoxy) is 1. The van der Waals surface area contributed by atoms with Crippen molar-refractivity contribution in [2.24, 2.45) is 0 Å². The molecule has 0 amide bonds. The molecule has 2 aliphatic heterocycles.